The zero-order valence-corrected chi connectivity index (χ0v) is 21.5. The van der Waals surface area contributed by atoms with E-state index in [2.05, 4.69) is 25.3 Å². The third kappa shape index (κ3) is 6.54. The molecular formula is C26H32FN7O4. The topological polar surface area (TPSA) is 185 Å². The first-order valence-electron chi connectivity index (χ1n) is 11.6. The molecule has 0 unspecified atom stereocenters. The van der Waals surface area contributed by atoms with Gasteiger partial charge < -0.3 is 26.4 Å². The summed E-state index contributed by atoms with van der Waals surface area (Å²) in [5.41, 5.74) is 1.14. The van der Waals surface area contributed by atoms with Gasteiger partial charge in [-0.3, -0.25) is 9.36 Å². The van der Waals surface area contributed by atoms with E-state index < -0.39 is 17.0 Å². The largest absolute Gasteiger partial charge is 0.412 e. The highest BCUT2D eigenvalue weighted by Gasteiger charge is 2.22. The number of halogens is 1. The lowest BCUT2D eigenvalue weighted by Gasteiger charge is -2.22. The molecule has 5 aromatic rings. The SMILES string of the molecule is CC(C)(C)O.CC[C@H](Nc1ncnc2nc[nH]c12)c1nc2cccc(F)c2c(=O)n1-c1ccccc1.O.O. The summed E-state index contributed by atoms with van der Waals surface area (Å²) in [6.45, 7) is 7.20. The van der Waals surface area contributed by atoms with Crippen LogP contribution in [-0.4, -0.2) is 51.1 Å². The lowest BCUT2D eigenvalue weighted by molar-refractivity contribution is 0.102. The molecule has 0 amide bonds. The van der Waals surface area contributed by atoms with E-state index in [0.29, 0.717) is 40.4 Å². The zero-order valence-electron chi connectivity index (χ0n) is 21.5. The van der Waals surface area contributed by atoms with Gasteiger partial charge in [0.1, 0.15) is 28.9 Å². The fourth-order valence-electron chi connectivity index (χ4n) is 3.66. The molecule has 2 aromatic carbocycles. The van der Waals surface area contributed by atoms with Gasteiger partial charge in [-0.2, -0.15) is 0 Å². The minimum absolute atomic E-state index is 0. The summed E-state index contributed by atoms with van der Waals surface area (Å²) in [5, 5.41) is 11.8. The van der Waals surface area contributed by atoms with Crippen LogP contribution in [0.2, 0.25) is 0 Å². The lowest BCUT2D eigenvalue weighted by atomic mass is 10.1. The third-order valence-corrected chi connectivity index (χ3v) is 5.14. The van der Waals surface area contributed by atoms with Crippen LogP contribution in [0.25, 0.3) is 27.8 Å². The number of nitrogens with one attached hydrogen (secondary N) is 2. The van der Waals surface area contributed by atoms with Gasteiger partial charge in [-0.1, -0.05) is 31.2 Å². The van der Waals surface area contributed by atoms with Crippen molar-refractivity contribution in [2.45, 2.75) is 45.8 Å². The number of aromatic nitrogens is 6. The number of hydrogen-bond donors (Lipinski definition) is 3. The van der Waals surface area contributed by atoms with Crippen molar-refractivity contribution in [2.24, 2.45) is 0 Å². The molecular weight excluding hydrogens is 493 g/mol. The van der Waals surface area contributed by atoms with Gasteiger partial charge in [-0.15, -0.1) is 0 Å². The molecule has 0 aliphatic rings. The van der Waals surface area contributed by atoms with Crippen molar-refractivity contribution in [3.8, 4) is 5.69 Å². The maximum Gasteiger partial charge on any atom is 0.269 e. The Morgan fingerprint density at radius 1 is 1.05 bits per heavy atom. The Labute approximate surface area is 218 Å². The Kier molecular flexibility index (Phi) is 9.72. The Morgan fingerprint density at radius 2 is 1.74 bits per heavy atom. The molecule has 3 heterocycles. The summed E-state index contributed by atoms with van der Waals surface area (Å²) in [5.74, 6) is 0.410. The quantitative estimate of drug-likeness (QED) is 0.315. The van der Waals surface area contributed by atoms with Gasteiger partial charge in [-0.25, -0.2) is 24.3 Å². The van der Waals surface area contributed by atoms with Crippen LogP contribution < -0.4 is 10.9 Å². The average molecular weight is 526 g/mol. The second-order valence-corrected chi connectivity index (χ2v) is 9.18. The Balaban J connectivity index is 0.000000666. The number of fused-ring (bicyclic) bond motifs is 2. The molecule has 38 heavy (non-hydrogen) atoms. The number of hydrogen-bond acceptors (Lipinski definition) is 7. The molecule has 0 saturated carbocycles. The molecule has 1 atom stereocenters. The molecule has 202 valence electrons. The second-order valence-electron chi connectivity index (χ2n) is 9.18. The summed E-state index contributed by atoms with van der Waals surface area (Å²) in [7, 11) is 0. The number of benzene rings is 2. The first-order chi connectivity index (χ1) is 17.2. The van der Waals surface area contributed by atoms with Crippen molar-refractivity contribution in [1.82, 2.24) is 29.5 Å². The van der Waals surface area contributed by atoms with E-state index in [1.165, 1.54) is 17.0 Å². The Hall–Kier alpha value is -4.26. The summed E-state index contributed by atoms with van der Waals surface area (Å²) in [6, 6.07) is 13.2. The Morgan fingerprint density at radius 3 is 2.39 bits per heavy atom. The number of nitrogens with zero attached hydrogens (tertiary/aromatic N) is 5. The van der Waals surface area contributed by atoms with Crippen LogP contribution in [0, 0.1) is 5.82 Å². The highest BCUT2D eigenvalue weighted by atomic mass is 19.1. The van der Waals surface area contributed by atoms with Crippen LogP contribution in [-0.2, 0) is 0 Å². The van der Waals surface area contributed by atoms with E-state index in [4.69, 9.17) is 10.1 Å². The number of H-pyrrole nitrogens is 1. The van der Waals surface area contributed by atoms with E-state index in [1.54, 1.807) is 51.4 Å². The van der Waals surface area contributed by atoms with Gasteiger partial charge in [0.05, 0.1) is 29.2 Å². The fraction of sp³-hybridized carbons (Fsp3) is 0.269. The summed E-state index contributed by atoms with van der Waals surface area (Å²) in [6.07, 6.45) is 3.56. The molecule has 11 nitrogen and oxygen atoms in total. The minimum Gasteiger partial charge on any atom is -0.412 e. The first kappa shape index (κ1) is 30.0. The fourth-order valence-corrected chi connectivity index (χ4v) is 3.66. The molecule has 7 N–H and O–H groups in total. The van der Waals surface area contributed by atoms with E-state index >= 15 is 0 Å². The van der Waals surface area contributed by atoms with Crippen molar-refractivity contribution >= 4 is 27.9 Å². The lowest BCUT2D eigenvalue weighted by Crippen LogP contribution is -2.28. The standard InChI is InChI=1S/C22H18FN7O.C4H10O.2H2O/c1-2-15(28-20-18-19(25-11-24-18)26-12-27-20)21-29-16-10-6-9-14(23)17(16)22(31)30(21)13-7-4-3-5-8-13;1-4(2,3)5;;/h3-12,15H,2H2,1H3,(H2,24,25,26,27,28);5H,1-3H3;2*1H2/t15-;;;/m0.../s1. The minimum atomic E-state index is -0.595. The molecule has 0 aliphatic heterocycles. The number of aromatic amines is 1. The van der Waals surface area contributed by atoms with Crippen LogP contribution >= 0.6 is 0 Å². The predicted molar refractivity (Wildman–Crippen MR) is 145 cm³/mol. The number of imidazole rings is 1. The molecule has 3 aromatic heterocycles. The highest BCUT2D eigenvalue weighted by molar-refractivity contribution is 5.82. The maximum atomic E-state index is 14.5. The van der Waals surface area contributed by atoms with Crippen molar-refractivity contribution < 1.29 is 20.4 Å². The van der Waals surface area contributed by atoms with Gasteiger partial charge in [-0.05, 0) is 51.5 Å². The maximum absolute atomic E-state index is 14.5. The third-order valence-electron chi connectivity index (χ3n) is 5.14. The van der Waals surface area contributed by atoms with E-state index in [1.807, 2.05) is 25.1 Å². The first-order valence-corrected chi connectivity index (χ1v) is 11.6. The molecule has 0 fully saturated rings. The number of anilines is 1. The zero-order chi connectivity index (χ0) is 25.9. The molecule has 0 spiro atoms. The van der Waals surface area contributed by atoms with E-state index in [9.17, 15) is 9.18 Å². The molecule has 5 rings (SSSR count). The Bertz CT molecular complexity index is 1540. The van der Waals surface area contributed by atoms with Crippen LogP contribution in [0.4, 0.5) is 10.2 Å². The van der Waals surface area contributed by atoms with Gasteiger partial charge in [0, 0.05) is 0 Å². The van der Waals surface area contributed by atoms with Crippen LogP contribution in [0.1, 0.15) is 46.0 Å². The molecule has 0 saturated heterocycles. The van der Waals surface area contributed by atoms with Gasteiger partial charge in [0.15, 0.2) is 11.5 Å². The second kappa shape index (κ2) is 12.3. The van der Waals surface area contributed by atoms with Gasteiger partial charge in [0.25, 0.3) is 5.56 Å². The van der Waals surface area contributed by atoms with Crippen LogP contribution in [0.3, 0.4) is 0 Å². The van der Waals surface area contributed by atoms with E-state index in [-0.39, 0.29) is 22.4 Å². The van der Waals surface area contributed by atoms with Crippen molar-refractivity contribution in [1.29, 1.82) is 0 Å². The van der Waals surface area contributed by atoms with E-state index in [0.717, 1.165) is 0 Å². The number of rotatable bonds is 5. The van der Waals surface area contributed by atoms with Crippen molar-refractivity contribution in [3.63, 3.8) is 0 Å². The monoisotopic (exact) mass is 525 g/mol. The molecule has 12 heteroatoms. The highest BCUT2D eigenvalue weighted by Crippen LogP contribution is 2.26. The number of aliphatic hydroxyl groups is 1. The van der Waals surface area contributed by atoms with Crippen molar-refractivity contribution in [3.05, 3.63) is 83.2 Å². The molecule has 0 radical (unpaired) electrons. The number of para-hydroxylation sites is 1. The summed E-state index contributed by atoms with van der Waals surface area (Å²) in [4.78, 5) is 33.8. The van der Waals surface area contributed by atoms with Crippen LogP contribution in [0.5, 0.6) is 0 Å². The summed E-state index contributed by atoms with van der Waals surface area (Å²) < 4.78 is 16.0. The predicted octanol–water partition coefficient (Wildman–Crippen LogP) is 2.88. The van der Waals surface area contributed by atoms with Gasteiger partial charge >= 0.3 is 0 Å². The molecule has 0 bridgehead atoms. The van der Waals surface area contributed by atoms with Crippen molar-refractivity contribution in [2.75, 3.05) is 5.32 Å². The van der Waals surface area contributed by atoms with Gasteiger partial charge in [0.2, 0.25) is 0 Å². The van der Waals surface area contributed by atoms with Crippen LogP contribution in [0.15, 0.2) is 66.0 Å². The molecule has 0 aliphatic carbocycles. The average Bonchev–Trinajstić information content (AvgIpc) is 3.32. The smallest absolute Gasteiger partial charge is 0.269 e. The summed E-state index contributed by atoms with van der Waals surface area (Å²) >= 11 is 0. The normalized spacial score (nSPS) is 11.6.